The third kappa shape index (κ3) is 2.43. The number of methoxy groups -OCH3 is 4. The molecule has 0 atom stereocenters. The van der Waals surface area contributed by atoms with Crippen molar-refractivity contribution in [2.45, 2.75) is 38.5 Å². The molecule has 0 saturated heterocycles. The highest BCUT2D eigenvalue weighted by Crippen LogP contribution is 2.54. The van der Waals surface area contributed by atoms with Gasteiger partial charge in [0.25, 0.3) is 0 Å². The molecule has 0 spiro atoms. The molecule has 0 aliphatic heterocycles. The van der Waals surface area contributed by atoms with Crippen LogP contribution in [0.1, 0.15) is 49.9 Å². The minimum absolute atomic E-state index is 0.209. The number of hydrogen-bond acceptors (Lipinski definition) is 4. The molecule has 0 radical (unpaired) electrons. The molecular weight excluding hydrogens is 328 g/mol. The zero-order valence-corrected chi connectivity index (χ0v) is 16.9. The first kappa shape index (κ1) is 18.4. The van der Waals surface area contributed by atoms with Crippen LogP contribution < -0.4 is 18.9 Å². The quantitative estimate of drug-likeness (QED) is 0.797. The van der Waals surface area contributed by atoms with E-state index in [4.69, 9.17) is 18.9 Å². The normalized spacial score (nSPS) is 16.3. The van der Waals surface area contributed by atoms with Gasteiger partial charge in [0.2, 0.25) is 0 Å². The van der Waals surface area contributed by atoms with Crippen LogP contribution in [0.2, 0.25) is 0 Å². The highest BCUT2D eigenvalue weighted by molar-refractivity contribution is 5.65. The fourth-order valence-corrected chi connectivity index (χ4v) is 4.12. The van der Waals surface area contributed by atoms with E-state index < -0.39 is 0 Å². The van der Waals surface area contributed by atoms with Gasteiger partial charge in [-0.25, -0.2) is 0 Å². The molecule has 0 unspecified atom stereocenters. The van der Waals surface area contributed by atoms with Gasteiger partial charge in [-0.3, -0.25) is 0 Å². The van der Waals surface area contributed by atoms with Crippen LogP contribution in [0.15, 0.2) is 24.3 Å². The number of ether oxygens (including phenoxy) is 4. The van der Waals surface area contributed by atoms with Gasteiger partial charge in [-0.05, 0) is 46.5 Å². The topological polar surface area (TPSA) is 36.9 Å². The van der Waals surface area contributed by atoms with Crippen LogP contribution in [0.5, 0.6) is 23.0 Å². The Kier molecular flexibility index (Phi) is 4.33. The Labute approximate surface area is 156 Å². The van der Waals surface area contributed by atoms with Gasteiger partial charge in [0.05, 0.1) is 28.4 Å². The van der Waals surface area contributed by atoms with Crippen LogP contribution >= 0.6 is 0 Å². The van der Waals surface area contributed by atoms with Crippen molar-refractivity contribution in [3.05, 3.63) is 46.5 Å². The molecule has 1 aliphatic carbocycles. The second kappa shape index (κ2) is 6.11. The summed E-state index contributed by atoms with van der Waals surface area (Å²) < 4.78 is 22.3. The minimum Gasteiger partial charge on any atom is -0.493 e. The van der Waals surface area contributed by atoms with Crippen molar-refractivity contribution in [1.82, 2.24) is 0 Å². The number of benzene rings is 2. The Morgan fingerprint density at radius 1 is 0.462 bits per heavy atom. The largest absolute Gasteiger partial charge is 0.493 e. The van der Waals surface area contributed by atoms with E-state index in [1.165, 1.54) is 22.3 Å². The highest BCUT2D eigenvalue weighted by atomic mass is 16.5. The van der Waals surface area contributed by atoms with E-state index in [1.54, 1.807) is 28.4 Å². The average molecular weight is 356 g/mol. The van der Waals surface area contributed by atoms with Gasteiger partial charge in [0.1, 0.15) is 0 Å². The summed E-state index contributed by atoms with van der Waals surface area (Å²) in [5, 5.41) is 0. The third-order valence-electron chi connectivity index (χ3n) is 5.74. The number of hydrogen-bond donors (Lipinski definition) is 0. The molecular formula is C22H28O4. The molecule has 0 N–H and O–H groups in total. The van der Waals surface area contributed by atoms with Crippen LogP contribution in [0, 0.1) is 0 Å². The van der Waals surface area contributed by atoms with Crippen molar-refractivity contribution >= 4 is 0 Å². The van der Waals surface area contributed by atoms with Crippen molar-refractivity contribution in [3.8, 4) is 23.0 Å². The first-order chi connectivity index (χ1) is 12.2. The van der Waals surface area contributed by atoms with Gasteiger partial charge in [-0.15, -0.1) is 0 Å². The van der Waals surface area contributed by atoms with Crippen molar-refractivity contribution in [1.29, 1.82) is 0 Å². The van der Waals surface area contributed by atoms with Crippen molar-refractivity contribution in [3.63, 3.8) is 0 Å². The van der Waals surface area contributed by atoms with Gasteiger partial charge >= 0.3 is 0 Å². The lowest BCUT2D eigenvalue weighted by Gasteiger charge is -2.44. The first-order valence-corrected chi connectivity index (χ1v) is 8.76. The molecule has 140 valence electrons. The van der Waals surface area contributed by atoms with Gasteiger partial charge in [-0.2, -0.15) is 0 Å². The van der Waals surface area contributed by atoms with Crippen LogP contribution in [-0.4, -0.2) is 28.4 Å². The van der Waals surface area contributed by atoms with Crippen molar-refractivity contribution in [2.75, 3.05) is 28.4 Å². The summed E-state index contributed by atoms with van der Waals surface area (Å²) in [4.78, 5) is 0. The zero-order chi connectivity index (χ0) is 19.3. The fourth-order valence-electron chi connectivity index (χ4n) is 4.12. The van der Waals surface area contributed by atoms with Crippen LogP contribution in [-0.2, 0) is 10.8 Å². The van der Waals surface area contributed by atoms with Crippen LogP contribution in [0.25, 0.3) is 0 Å². The molecule has 4 heteroatoms. The third-order valence-corrected chi connectivity index (χ3v) is 5.74. The maximum atomic E-state index is 5.56. The van der Waals surface area contributed by atoms with Crippen molar-refractivity contribution < 1.29 is 18.9 Å². The SMILES string of the molecule is COc1cc2c(cc1OC)C(C)(C)c1cc(OC)c(OC)cc1C2(C)C. The molecule has 0 aromatic heterocycles. The summed E-state index contributed by atoms with van der Waals surface area (Å²) >= 11 is 0. The number of fused-ring (bicyclic) bond motifs is 2. The highest BCUT2D eigenvalue weighted by Gasteiger charge is 2.43. The molecule has 4 nitrogen and oxygen atoms in total. The minimum atomic E-state index is -0.209. The van der Waals surface area contributed by atoms with E-state index in [0.29, 0.717) is 0 Å². The smallest absolute Gasteiger partial charge is 0.161 e. The molecule has 0 fully saturated rings. The molecule has 26 heavy (non-hydrogen) atoms. The molecule has 1 aliphatic rings. The fraction of sp³-hybridized carbons (Fsp3) is 0.455. The lowest BCUT2D eigenvalue weighted by atomic mass is 9.60. The van der Waals surface area contributed by atoms with Gasteiger partial charge in [-0.1, -0.05) is 27.7 Å². The summed E-state index contributed by atoms with van der Waals surface area (Å²) in [7, 11) is 6.69. The van der Waals surface area contributed by atoms with Gasteiger partial charge < -0.3 is 18.9 Å². The van der Waals surface area contributed by atoms with E-state index in [9.17, 15) is 0 Å². The standard InChI is InChI=1S/C22H28O4/c1-21(2)13-9-17(23-5)19(25-7)11-15(13)22(3,4)16-12-20(26-8)18(24-6)10-14(16)21/h9-12H,1-8H3. The molecule has 2 aromatic carbocycles. The molecule has 3 rings (SSSR count). The lowest BCUT2D eigenvalue weighted by molar-refractivity contribution is 0.347. The molecule has 0 heterocycles. The summed E-state index contributed by atoms with van der Waals surface area (Å²) in [6.07, 6.45) is 0. The summed E-state index contributed by atoms with van der Waals surface area (Å²) in [6.45, 7) is 8.94. The first-order valence-electron chi connectivity index (χ1n) is 8.76. The number of rotatable bonds is 4. The van der Waals surface area contributed by atoms with Crippen LogP contribution in [0.4, 0.5) is 0 Å². The molecule has 2 aromatic rings. The predicted octanol–water partition coefficient (Wildman–Crippen LogP) is 4.69. The summed E-state index contributed by atoms with van der Waals surface area (Å²) in [5.41, 5.74) is 4.53. The molecule has 0 amide bonds. The van der Waals surface area contributed by atoms with Crippen molar-refractivity contribution in [2.24, 2.45) is 0 Å². The molecule has 0 saturated carbocycles. The van der Waals surface area contributed by atoms with Gasteiger partial charge in [0.15, 0.2) is 23.0 Å². The van der Waals surface area contributed by atoms with E-state index in [-0.39, 0.29) is 10.8 Å². The maximum Gasteiger partial charge on any atom is 0.161 e. The Bertz CT molecular complexity index is 712. The Morgan fingerprint density at radius 3 is 0.808 bits per heavy atom. The molecule has 0 bridgehead atoms. The Hall–Kier alpha value is -2.36. The summed E-state index contributed by atoms with van der Waals surface area (Å²) in [6, 6.07) is 8.43. The Balaban J connectivity index is 2.37. The monoisotopic (exact) mass is 356 g/mol. The van der Waals surface area contributed by atoms with E-state index in [2.05, 4.69) is 52.0 Å². The second-order valence-corrected chi connectivity index (χ2v) is 7.76. The maximum absolute atomic E-state index is 5.56. The average Bonchev–Trinajstić information content (AvgIpc) is 2.64. The van der Waals surface area contributed by atoms with E-state index in [1.807, 2.05) is 0 Å². The van der Waals surface area contributed by atoms with E-state index >= 15 is 0 Å². The second-order valence-electron chi connectivity index (χ2n) is 7.76. The van der Waals surface area contributed by atoms with Crippen LogP contribution in [0.3, 0.4) is 0 Å². The zero-order valence-electron chi connectivity index (χ0n) is 16.9. The van der Waals surface area contributed by atoms with Gasteiger partial charge in [0, 0.05) is 10.8 Å². The van der Waals surface area contributed by atoms with E-state index in [0.717, 1.165) is 23.0 Å². The lowest BCUT2D eigenvalue weighted by Crippen LogP contribution is -2.36. The summed E-state index contributed by atoms with van der Waals surface area (Å²) in [5.74, 6) is 3.00. The predicted molar refractivity (Wildman–Crippen MR) is 103 cm³/mol. The Morgan fingerprint density at radius 2 is 0.654 bits per heavy atom.